The number of carboxylic acid groups (broad SMARTS) is 1. The molecule has 1 atom stereocenters. The molecule has 0 spiro atoms. The van der Waals surface area contributed by atoms with Crippen LogP contribution in [0.2, 0.25) is 0 Å². The van der Waals surface area contributed by atoms with Crippen LogP contribution in [0.15, 0.2) is 18.2 Å². The quantitative estimate of drug-likeness (QED) is 0.844. The van der Waals surface area contributed by atoms with Crippen LogP contribution in [0.5, 0.6) is 0 Å². The summed E-state index contributed by atoms with van der Waals surface area (Å²) >= 11 is 0. The third kappa shape index (κ3) is 4.49. The van der Waals surface area contributed by atoms with Crippen LogP contribution in [0.3, 0.4) is 0 Å². The fourth-order valence-electron chi connectivity index (χ4n) is 1.75. The molecule has 3 nitrogen and oxygen atoms in total. The van der Waals surface area contributed by atoms with Crippen LogP contribution in [-0.4, -0.2) is 23.8 Å². The number of aryl methyl sites for hydroxylation is 2. The highest BCUT2D eigenvalue weighted by molar-refractivity contribution is 5.72. The van der Waals surface area contributed by atoms with Gasteiger partial charge in [0.2, 0.25) is 0 Å². The summed E-state index contributed by atoms with van der Waals surface area (Å²) in [6.07, 6.45) is -0.330. The van der Waals surface area contributed by atoms with Gasteiger partial charge in [-0.1, -0.05) is 37.6 Å². The van der Waals surface area contributed by atoms with Gasteiger partial charge in [-0.05, 0) is 30.9 Å². The molecule has 0 aliphatic rings. The second-order valence-corrected chi connectivity index (χ2v) is 5.19. The van der Waals surface area contributed by atoms with Crippen LogP contribution in [0.1, 0.15) is 30.5 Å². The van der Waals surface area contributed by atoms with E-state index in [1.54, 1.807) is 0 Å². The number of carboxylic acids is 1. The first-order valence-electron chi connectivity index (χ1n) is 6.30. The van der Waals surface area contributed by atoms with E-state index in [1.165, 1.54) is 0 Å². The number of benzene rings is 1. The molecule has 0 fully saturated rings. The van der Waals surface area contributed by atoms with E-state index in [2.05, 4.69) is 0 Å². The maximum absolute atomic E-state index is 11.2. The molecular weight excluding hydrogens is 228 g/mol. The van der Waals surface area contributed by atoms with Crippen LogP contribution in [-0.2, 0) is 16.0 Å². The summed E-state index contributed by atoms with van der Waals surface area (Å²) in [6.45, 7) is 8.50. The summed E-state index contributed by atoms with van der Waals surface area (Å²) in [4.78, 5) is 11.2. The molecule has 0 aliphatic heterocycles. The van der Waals surface area contributed by atoms with E-state index < -0.39 is 12.1 Å². The number of aliphatic carboxylic acids is 1. The lowest BCUT2D eigenvalue weighted by molar-refractivity contribution is -0.150. The molecular formula is C15H22O3. The van der Waals surface area contributed by atoms with Gasteiger partial charge in [-0.3, -0.25) is 0 Å². The monoisotopic (exact) mass is 250 g/mol. The Morgan fingerprint density at radius 3 is 2.56 bits per heavy atom. The maximum atomic E-state index is 11.2. The molecule has 1 rings (SSSR count). The standard InChI is InChI=1S/C15H22O3/c1-10(2)9-18-14(15(16)17)8-13-7-11(3)5-6-12(13)4/h5-7,10,14H,8-9H2,1-4H3,(H,16,17)/t14-/m1/s1. The van der Waals surface area contributed by atoms with Crippen molar-refractivity contribution in [3.8, 4) is 0 Å². The molecule has 18 heavy (non-hydrogen) atoms. The topological polar surface area (TPSA) is 46.5 Å². The van der Waals surface area contributed by atoms with Crippen molar-refractivity contribution in [1.82, 2.24) is 0 Å². The molecule has 0 unspecified atom stereocenters. The fourth-order valence-corrected chi connectivity index (χ4v) is 1.75. The SMILES string of the molecule is Cc1ccc(C)c(C[C@@H](OCC(C)C)C(=O)O)c1. The van der Waals surface area contributed by atoms with Gasteiger partial charge in [0.1, 0.15) is 0 Å². The van der Waals surface area contributed by atoms with Crippen LogP contribution in [0.4, 0.5) is 0 Å². The van der Waals surface area contributed by atoms with Crippen LogP contribution in [0, 0.1) is 19.8 Å². The number of carbonyl (C=O) groups is 1. The van der Waals surface area contributed by atoms with Gasteiger partial charge in [0, 0.05) is 6.42 Å². The van der Waals surface area contributed by atoms with Crippen LogP contribution >= 0.6 is 0 Å². The molecule has 0 aliphatic carbocycles. The Balaban J connectivity index is 2.76. The lowest BCUT2D eigenvalue weighted by Crippen LogP contribution is -2.28. The molecule has 0 aromatic heterocycles. The highest BCUT2D eigenvalue weighted by Gasteiger charge is 2.20. The Labute approximate surface area is 109 Å². The molecule has 0 heterocycles. The highest BCUT2D eigenvalue weighted by Crippen LogP contribution is 2.15. The lowest BCUT2D eigenvalue weighted by Gasteiger charge is -2.16. The van der Waals surface area contributed by atoms with E-state index in [-0.39, 0.29) is 0 Å². The van der Waals surface area contributed by atoms with Gasteiger partial charge in [0.05, 0.1) is 6.61 Å². The molecule has 1 aromatic carbocycles. The maximum Gasteiger partial charge on any atom is 0.333 e. The zero-order valence-corrected chi connectivity index (χ0v) is 11.6. The van der Waals surface area contributed by atoms with E-state index in [9.17, 15) is 9.90 Å². The van der Waals surface area contributed by atoms with E-state index in [1.807, 2.05) is 45.9 Å². The van der Waals surface area contributed by atoms with Crippen molar-refractivity contribution in [2.24, 2.45) is 5.92 Å². The normalized spacial score (nSPS) is 12.7. The van der Waals surface area contributed by atoms with Crippen molar-refractivity contribution in [3.05, 3.63) is 34.9 Å². The average Bonchev–Trinajstić information content (AvgIpc) is 2.28. The number of hydrogen-bond donors (Lipinski definition) is 1. The zero-order chi connectivity index (χ0) is 13.7. The van der Waals surface area contributed by atoms with Crippen molar-refractivity contribution < 1.29 is 14.6 Å². The van der Waals surface area contributed by atoms with Gasteiger partial charge in [-0.2, -0.15) is 0 Å². The summed E-state index contributed by atoms with van der Waals surface area (Å²) < 4.78 is 5.46. The van der Waals surface area contributed by atoms with Gasteiger partial charge < -0.3 is 9.84 Å². The van der Waals surface area contributed by atoms with Gasteiger partial charge in [0.25, 0.3) is 0 Å². The minimum absolute atomic E-state index is 0.338. The number of hydrogen-bond acceptors (Lipinski definition) is 2. The largest absolute Gasteiger partial charge is 0.479 e. The molecule has 1 N–H and O–H groups in total. The van der Waals surface area contributed by atoms with E-state index >= 15 is 0 Å². The summed E-state index contributed by atoms with van der Waals surface area (Å²) in [6, 6.07) is 6.08. The Kier molecular flexibility index (Phi) is 5.35. The van der Waals surface area contributed by atoms with Crippen molar-refractivity contribution >= 4 is 5.97 Å². The highest BCUT2D eigenvalue weighted by atomic mass is 16.5. The average molecular weight is 250 g/mol. The van der Waals surface area contributed by atoms with Crippen molar-refractivity contribution in [2.75, 3.05) is 6.61 Å². The summed E-state index contributed by atoms with van der Waals surface area (Å²) in [5, 5.41) is 9.18. The van der Waals surface area contributed by atoms with Crippen molar-refractivity contribution in [2.45, 2.75) is 40.2 Å². The minimum Gasteiger partial charge on any atom is -0.479 e. The summed E-state index contributed by atoms with van der Waals surface area (Å²) in [5.74, 6) is -0.554. The molecule has 0 radical (unpaired) electrons. The molecule has 3 heteroatoms. The summed E-state index contributed by atoms with van der Waals surface area (Å²) in [7, 11) is 0. The van der Waals surface area contributed by atoms with E-state index in [0.29, 0.717) is 18.9 Å². The molecule has 100 valence electrons. The first kappa shape index (κ1) is 14.7. The van der Waals surface area contributed by atoms with Crippen LogP contribution < -0.4 is 0 Å². The smallest absolute Gasteiger partial charge is 0.333 e. The van der Waals surface area contributed by atoms with E-state index in [4.69, 9.17) is 4.74 Å². The zero-order valence-electron chi connectivity index (χ0n) is 11.6. The number of ether oxygens (including phenoxy) is 1. The Morgan fingerprint density at radius 1 is 1.33 bits per heavy atom. The summed E-state index contributed by atoms with van der Waals surface area (Å²) in [5.41, 5.74) is 3.30. The van der Waals surface area contributed by atoms with Gasteiger partial charge in [-0.15, -0.1) is 0 Å². The van der Waals surface area contributed by atoms with Gasteiger partial charge >= 0.3 is 5.97 Å². The Bertz CT molecular complexity index is 410. The first-order valence-corrected chi connectivity index (χ1v) is 6.30. The van der Waals surface area contributed by atoms with Crippen molar-refractivity contribution in [3.63, 3.8) is 0 Å². The molecule has 0 saturated heterocycles. The van der Waals surface area contributed by atoms with E-state index in [0.717, 1.165) is 16.7 Å². The minimum atomic E-state index is -0.892. The number of rotatable bonds is 6. The lowest BCUT2D eigenvalue weighted by atomic mass is 10.00. The van der Waals surface area contributed by atoms with Gasteiger partial charge in [-0.25, -0.2) is 4.79 Å². The van der Waals surface area contributed by atoms with Crippen molar-refractivity contribution in [1.29, 1.82) is 0 Å². The molecule has 0 saturated carbocycles. The second kappa shape index (κ2) is 6.55. The Hall–Kier alpha value is -1.35. The second-order valence-electron chi connectivity index (χ2n) is 5.19. The first-order chi connectivity index (χ1) is 8.40. The van der Waals surface area contributed by atoms with Crippen LogP contribution in [0.25, 0.3) is 0 Å². The van der Waals surface area contributed by atoms with Gasteiger partial charge in [0.15, 0.2) is 6.10 Å². The molecule has 0 bridgehead atoms. The molecule has 0 amide bonds. The Morgan fingerprint density at radius 2 is 2.00 bits per heavy atom. The molecule has 1 aromatic rings. The predicted molar refractivity (Wildman–Crippen MR) is 71.8 cm³/mol. The fraction of sp³-hybridized carbons (Fsp3) is 0.533. The predicted octanol–water partition coefficient (Wildman–Crippen LogP) is 2.97. The third-order valence-corrected chi connectivity index (χ3v) is 2.82. The third-order valence-electron chi connectivity index (χ3n) is 2.82.